The van der Waals surface area contributed by atoms with Gasteiger partial charge >= 0.3 is 0 Å². The van der Waals surface area contributed by atoms with Crippen LogP contribution in [0.15, 0.2) is 55.1 Å². The van der Waals surface area contributed by atoms with Gasteiger partial charge in [0.25, 0.3) is 0 Å². The van der Waals surface area contributed by atoms with Crippen LogP contribution in [0.3, 0.4) is 0 Å². The van der Waals surface area contributed by atoms with Gasteiger partial charge in [-0.15, -0.1) is 0 Å². The first-order valence-corrected chi connectivity index (χ1v) is 5.68. The van der Waals surface area contributed by atoms with Crippen molar-refractivity contribution >= 4 is 5.95 Å². The summed E-state index contributed by atoms with van der Waals surface area (Å²) in [6, 6.07) is 10.00. The molecule has 2 N–H and O–H groups in total. The molecule has 0 spiro atoms. The highest BCUT2D eigenvalue weighted by molar-refractivity contribution is 5.31. The summed E-state index contributed by atoms with van der Waals surface area (Å²) < 4.78 is 3.73. The van der Waals surface area contributed by atoms with Crippen molar-refractivity contribution in [1.82, 2.24) is 19.3 Å². The van der Waals surface area contributed by atoms with Gasteiger partial charge in [0.2, 0.25) is 0 Å². The third-order valence-electron chi connectivity index (χ3n) is 2.76. The van der Waals surface area contributed by atoms with Gasteiger partial charge in [-0.2, -0.15) is 5.10 Å². The molecule has 5 heteroatoms. The van der Waals surface area contributed by atoms with E-state index in [0.717, 1.165) is 11.3 Å². The van der Waals surface area contributed by atoms with Crippen molar-refractivity contribution in [3.63, 3.8) is 0 Å². The number of hydrogen-bond acceptors (Lipinski definition) is 3. The van der Waals surface area contributed by atoms with Crippen molar-refractivity contribution in [3.05, 3.63) is 60.7 Å². The number of para-hydroxylation sites is 1. The van der Waals surface area contributed by atoms with Crippen LogP contribution in [0.2, 0.25) is 0 Å². The molecule has 0 atom stereocenters. The van der Waals surface area contributed by atoms with Crippen molar-refractivity contribution in [3.8, 4) is 5.69 Å². The Morgan fingerprint density at radius 1 is 1.17 bits per heavy atom. The van der Waals surface area contributed by atoms with E-state index in [9.17, 15) is 0 Å². The summed E-state index contributed by atoms with van der Waals surface area (Å²) in [5.74, 6) is 0.516. The van der Waals surface area contributed by atoms with Gasteiger partial charge in [0.1, 0.15) is 0 Å². The van der Waals surface area contributed by atoms with Crippen LogP contribution in [0.25, 0.3) is 5.69 Å². The topological polar surface area (TPSA) is 61.7 Å². The first kappa shape index (κ1) is 10.6. The molecule has 0 amide bonds. The lowest BCUT2D eigenvalue weighted by Crippen LogP contribution is -2.02. The predicted molar refractivity (Wildman–Crippen MR) is 69.3 cm³/mol. The molecule has 0 aliphatic rings. The zero-order chi connectivity index (χ0) is 12.4. The number of aromatic nitrogens is 4. The summed E-state index contributed by atoms with van der Waals surface area (Å²) in [5.41, 5.74) is 7.86. The minimum absolute atomic E-state index is 0.516. The zero-order valence-corrected chi connectivity index (χ0v) is 9.77. The molecule has 0 radical (unpaired) electrons. The molecule has 0 saturated heterocycles. The number of nitrogens with two attached hydrogens (primary N) is 1. The van der Waals surface area contributed by atoms with E-state index in [-0.39, 0.29) is 0 Å². The summed E-state index contributed by atoms with van der Waals surface area (Å²) in [6.07, 6.45) is 7.38. The summed E-state index contributed by atoms with van der Waals surface area (Å²) in [5, 5.41) is 4.34. The molecule has 18 heavy (non-hydrogen) atoms. The van der Waals surface area contributed by atoms with Crippen LogP contribution in [-0.2, 0) is 6.54 Å². The van der Waals surface area contributed by atoms with Crippen molar-refractivity contribution in [1.29, 1.82) is 0 Å². The maximum Gasteiger partial charge on any atom is 0.200 e. The fourth-order valence-corrected chi connectivity index (χ4v) is 1.83. The second kappa shape index (κ2) is 4.37. The third kappa shape index (κ3) is 1.98. The van der Waals surface area contributed by atoms with Gasteiger partial charge in [0.15, 0.2) is 5.95 Å². The van der Waals surface area contributed by atoms with E-state index < -0.39 is 0 Å². The number of benzene rings is 1. The normalized spacial score (nSPS) is 10.7. The third-order valence-corrected chi connectivity index (χ3v) is 2.76. The number of hydrogen-bond donors (Lipinski definition) is 1. The molecule has 0 aliphatic heterocycles. The molecule has 1 aromatic carbocycles. The number of imidazole rings is 1. The number of nitrogen functional groups attached to an aromatic ring is 1. The average molecular weight is 239 g/mol. The molecule has 0 saturated carbocycles. The zero-order valence-electron chi connectivity index (χ0n) is 9.77. The van der Waals surface area contributed by atoms with E-state index in [2.05, 4.69) is 10.1 Å². The molecule has 5 nitrogen and oxygen atoms in total. The highest BCUT2D eigenvalue weighted by atomic mass is 15.3. The summed E-state index contributed by atoms with van der Waals surface area (Å²) in [7, 11) is 0. The Kier molecular flexibility index (Phi) is 2.57. The van der Waals surface area contributed by atoms with Gasteiger partial charge in [0, 0.05) is 24.2 Å². The van der Waals surface area contributed by atoms with Gasteiger partial charge in [-0.3, -0.25) is 0 Å². The Hall–Kier alpha value is -2.56. The highest BCUT2D eigenvalue weighted by Crippen LogP contribution is 2.10. The Morgan fingerprint density at radius 2 is 2.00 bits per heavy atom. The average Bonchev–Trinajstić information content (AvgIpc) is 3.02. The Bertz CT molecular complexity index is 638. The van der Waals surface area contributed by atoms with Gasteiger partial charge in [-0.05, 0) is 12.1 Å². The lowest BCUT2D eigenvalue weighted by Gasteiger charge is -2.01. The summed E-state index contributed by atoms with van der Waals surface area (Å²) in [6.45, 7) is 0.679. The predicted octanol–water partition coefficient (Wildman–Crippen LogP) is 1.70. The summed E-state index contributed by atoms with van der Waals surface area (Å²) in [4.78, 5) is 3.99. The number of rotatable bonds is 3. The van der Waals surface area contributed by atoms with E-state index >= 15 is 0 Å². The second-order valence-corrected chi connectivity index (χ2v) is 4.04. The Labute approximate surface area is 104 Å². The van der Waals surface area contributed by atoms with Crippen LogP contribution in [0.4, 0.5) is 5.95 Å². The van der Waals surface area contributed by atoms with Crippen LogP contribution in [0.5, 0.6) is 0 Å². The molecular weight excluding hydrogens is 226 g/mol. The first-order valence-electron chi connectivity index (χ1n) is 5.68. The molecule has 0 aliphatic carbocycles. The maximum atomic E-state index is 5.73. The van der Waals surface area contributed by atoms with Gasteiger partial charge in [-0.1, -0.05) is 18.2 Å². The van der Waals surface area contributed by atoms with Crippen molar-refractivity contribution in [2.24, 2.45) is 0 Å². The lowest BCUT2D eigenvalue weighted by molar-refractivity contribution is 0.809. The van der Waals surface area contributed by atoms with E-state index in [4.69, 9.17) is 5.73 Å². The van der Waals surface area contributed by atoms with E-state index in [1.54, 1.807) is 6.20 Å². The van der Waals surface area contributed by atoms with Crippen molar-refractivity contribution in [2.75, 3.05) is 5.73 Å². The number of anilines is 1. The monoisotopic (exact) mass is 239 g/mol. The quantitative estimate of drug-likeness (QED) is 0.756. The van der Waals surface area contributed by atoms with Crippen LogP contribution in [0, 0.1) is 0 Å². The lowest BCUT2D eigenvalue weighted by atomic mass is 10.3. The Morgan fingerprint density at radius 3 is 2.72 bits per heavy atom. The minimum Gasteiger partial charge on any atom is -0.369 e. The fraction of sp³-hybridized carbons (Fsp3) is 0.0769. The van der Waals surface area contributed by atoms with E-state index in [1.165, 1.54) is 0 Å². The number of nitrogens with zero attached hydrogens (tertiary/aromatic N) is 4. The second-order valence-electron chi connectivity index (χ2n) is 4.04. The van der Waals surface area contributed by atoms with Gasteiger partial charge in [-0.25, -0.2) is 9.67 Å². The largest absolute Gasteiger partial charge is 0.369 e. The van der Waals surface area contributed by atoms with Crippen LogP contribution < -0.4 is 5.73 Å². The highest BCUT2D eigenvalue weighted by Gasteiger charge is 2.03. The molecule has 0 fully saturated rings. The molecule has 0 unspecified atom stereocenters. The fourth-order valence-electron chi connectivity index (χ4n) is 1.83. The standard InChI is InChI=1S/C13H13N5/c14-13-15-6-7-17(13)9-11-8-16-18(10-11)12-4-2-1-3-5-12/h1-8,10H,9H2,(H2,14,15). The van der Waals surface area contributed by atoms with Crippen LogP contribution in [-0.4, -0.2) is 19.3 Å². The molecule has 0 bridgehead atoms. The van der Waals surface area contributed by atoms with Crippen LogP contribution >= 0.6 is 0 Å². The van der Waals surface area contributed by atoms with Gasteiger partial charge in [0.05, 0.1) is 18.4 Å². The molecular formula is C13H13N5. The molecule has 2 aromatic heterocycles. The molecule has 3 aromatic rings. The smallest absolute Gasteiger partial charge is 0.200 e. The maximum absolute atomic E-state index is 5.73. The van der Waals surface area contributed by atoms with E-state index in [0.29, 0.717) is 12.5 Å². The van der Waals surface area contributed by atoms with Crippen molar-refractivity contribution in [2.45, 2.75) is 6.54 Å². The van der Waals surface area contributed by atoms with Crippen molar-refractivity contribution < 1.29 is 0 Å². The first-order chi connectivity index (χ1) is 8.83. The van der Waals surface area contributed by atoms with E-state index in [1.807, 2.05) is 58.2 Å². The van der Waals surface area contributed by atoms with Gasteiger partial charge < -0.3 is 10.3 Å². The molecule has 3 rings (SSSR count). The molecule has 2 heterocycles. The summed E-state index contributed by atoms with van der Waals surface area (Å²) >= 11 is 0. The SMILES string of the molecule is Nc1nccn1Cc1cnn(-c2ccccc2)c1. The Balaban J connectivity index is 1.84. The minimum atomic E-state index is 0.516. The molecule has 90 valence electrons. The van der Waals surface area contributed by atoms with Crippen LogP contribution in [0.1, 0.15) is 5.56 Å².